The highest BCUT2D eigenvalue weighted by Gasteiger charge is 2.55. The van der Waals surface area contributed by atoms with E-state index in [0.717, 1.165) is 19.3 Å². The quantitative estimate of drug-likeness (QED) is 0.801. The predicted octanol–water partition coefficient (Wildman–Crippen LogP) is 2.73. The number of carbonyl (C=O) groups excluding carboxylic acids is 2. The van der Waals surface area contributed by atoms with Crippen molar-refractivity contribution in [3.63, 3.8) is 0 Å². The van der Waals surface area contributed by atoms with Crippen LogP contribution >= 0.6 is 0 Å². The van der Waals surface area contributed by atoms with Crippen molar-refractivity contribution in [1.82, 2.24) is 10.2 Å². The topological polar surface area (TPSA) is 69.6 Å². The molecule has 28 heavy (non-hydrogen) atoms. The van der Waals surface area contributed by atoms with Crippen LogP contribution in [-0.2, 0) is 15.2 Å². The van der Waals surface area contributed by atoms with E-state index in [0.29, 0.717) is 25.8 Å². The summed E-state index contributed by atoms with van der Waals surface area (Å²) < 4.78 is 40.8. The number of halogens is 3. The van der Waals surface area contributed by atoms with Crippen molar-refractivity contribution in [3.05, 3.63) is 35.9 Å². The molecule has 1 unspecified atom stereocenters. The van der Waals surface area contributed by atoms with E-state index in [4.69, 9.17) is 0 Å². The van der Waals surface area contributed by atoms with E-state index < -0.39 is 30.1 Å². The Morgan fingerprint density at radius 2 is 1.82 bits per heavy atom. The molecule has 2 fully saturated rings. The fourth-order valence-electron chi connectivity index (χ4n) is 4.24. The molecule has 3 rings (SSSR count). The molecule has 154 valence electrons. The van der Waals surface area contributed by atoms with E-state index >= 15 is 0 Å². The normalized spacial score (nSPS) is 25.4. The minimum atomic E-state index is -4.95. The predicted molar refractivity (Wildman–Crippen MR) is 96.1 cm³/mol. The fraction of sp³-hybridized carbons (Fsp3) is 0.600. The van der Waals surface area contributed by atoms with Gasteiger partial charge >= 0.3 is 6.18 Å². The number of alkyl halides is 3. The lowest BCUT2D eigenvalue weighted by Gasteiger charge is -2.38. The molecule has 1 aliphatic carbocycles. The zero-order valence-corrected chi connectivity index (χ0v) is 15.5. The Hall–Kier alpha value is -2.09. The third-order valence-corrected chi connectivity index (χ3v) is 5.82. The first-order valence-corrected chi connectivity index (χ1v) is 9.66. The first-order valence-electron chi connectivity index (χ1n) is 9.66. The Balaban J connectivity index is 1.74. The lowest BCUT2D eigenvalue weighted by Crippen LogP contribution is -2.54. The second-order valence-corrected chi connectivity index (χ2v) is 7.59. The van der Waals surface area contributed by atoms with Crippen LogP contribution in [0.25, 0.3) is 0 Å². The van der Waals surface area contributed by atoms with Crippen LogP contribution < -0.4 is 5.32 Å². The number of nitrogens with zero attached hydrogens (tertiary/aromatic N) is 1. The van der Waals surface area contributed by atoms with Crippen LogP contribution in [0.4, 0.5) is 13.2 Å². The molecule has 1 saturated carbocycles. The molecule has 1 aromatic rings. The highest BCUT2D eigenvalue weighted by Crippen LogP contribution is 2.39. The first kappa shape index (κ1) is 20.6. The minimum absolute atomic E-state index is 0.000724. The molecule has 5 nitrogen and oxygen atoms in total. The average Bonchev–Trinajstić information content (AvgIpc) is 3.11. The molecule has 0 radical (unpaired) electrons. The summed E-state index contributed by atoms with van der Waals surface area (Å²) in [6, 6.07) is 6.46. The third kappa shape index (κ3) is 4.01. The standard InChI is InChI=1S/C20H25F3N2O3/c21-20(22,23)19(28,14-7-2-1-3-8-14)13-24-18(27)15-9-4-5-10-16(15)25-12-6-11-17(25)26/h1-3,7-8,15-16,28H,4-6,9-13H2,(H,24,27)/t15-,16+,19?/m1/s1. The van der Waals surface area contributed by atoms with Crippen molar-refractivity contribution in [3.8, 4) is 0 Å². The number of rotatable bonds is 5. The molecule has 1 aliphatic heterocycles. The summed E-state index contributed by atoms with van der Waals surface area (Å²) in [6.45, 7) is -0.375. The number of hydrogen-bond donors (Lipinski definition) is 2. The Morgan fingerprint density at radius 1 is 1.14 bits per heavy atom. The fourth-order valence-corrected chi connectivity index (χ4v) is 4.24. The Kier molecular flexibility index (Phi) is 5.98. The van der Waals surface area contributed by atoms with Gasteiger partial charge in [0.05, 0.1) is 12.5 Å². The maximum atomic E-state index is 13.6. The van der Waals surface area contributed by atoms with Crippen LogP contribution in [-0.4, -0.2) is 47.1 Å². The molecule has 0 aromatic heterocycles. The Bertz CT molecular complexity index is 710. The SMILES string of the molecule is O=C(NCC(O)(c1ccccc1)C(F)(F)F)[C@@H]1CCCC[C@@H]1N1CCCC1=O. The zero-order valence-electron chi connectivity index (χ0n) is 15.5. The van der Waals surface area contributed by atoms with E-state index in [1.54, 1.807) is 11.0 Å². The van der Waals surface area contributed by atoms with Crippen LogP contribution in [0.2, 0.25) is 0 Å². The molecular weight excluding hydrogens is 373 g/mol. The van der Waals surface area contributed by atoms with E-state index in [2.05, 4.69) is 5.32 Å². The van der Waals surface area contributed by atoms with Crippen LogP contribution in [0, 0.1) is 5.92 Å². The number of nitrogens with one attached hydrogen (secondary N) is 1. The molecule has 0 bridgehead atoms. The maximum Gasteiger partial charge on any atom is 0.423 e. The monoisotopic (exact) mass is 398 g/mol. The molecular formula is C20H25F3N2O3. The summed E-state index contributed by atoms with van der Waals surface area (Å²) in [7, 11) is 0. The highest BCUT2D eigenvalue weighted by atomic mass is 19.4. The van der Waals surface area contributed by atoms with Gasteiger partial charge in [-0.15, -0.1) is 0 Å². The molecule has 2 aliphatic rings. The third-order valence-electron chi connectivity index (χ3n) is 5.82. The molecule has 3 atom stereocenters. The summed E-state index contributed by atoms with van der Waals surface area (Å²) in [6.07, 6.45) is -0.883. The molecule has 2 N–H and O–H groups in total. The van der Waals surface area contributed by atoms with E-state index in [-0.39, 0.29) is 17.5 Å². The van der Waals surface area contributed by atoms with Gasteiger partial charge in [-0.3, -0.25) is 9.59 Å². The van der Waals surface area contributed by atoms with Crippen molar-refractivity contribution in [2.45, 2.75) is 56.3 Å². The van der Waals surface area contributed by atoms with Gasteiger partial charge in [0.2, 0.25) is 17.4 Å². The van der Waals surface area contributed by atoms with Crippen molar-refractivity contribution in [2.75, 3.05) is 13.1 Å². The average molecular weight is 398 g/mol. The zero-order chi connectivity index (χ0) is 20.4. The van der Waals surface area contributed by atoms with Crippen molar-refractivity contribution in [1.29, 1.82) is 0 Å². The number of likely N-dealkylation sites (tertiary alicyclic amines) is 1. The second-order valence-electron chi connectivity index (χ2n) is 7.59. The minimum Gasteiger partial charge on any atom is -0.375 e. The van der Waals surface area contributed by atoms with Gasteiger partial charge in [-0.25, -0.2) is 0 Å². The van der Waals surface area contributed by atoms with Crippen LogP contribution in [0.3, 0.4) is 0 Å². The molecule has 0 spiro atoms. The van der Waals surface area contributed by atoms with Gasteiger partial charge < -0.3 is 15.3 Å². The molecule has 1 saturated heterocycles. The number of carbonyl (C=O) groups is 2. The molecule has 2 amide bonds. The summed E-state index contributed by atoms with van der Waals surface area (Å²) in [5.41, 5.74) is -3.49. The smallest absolute Gasteiger partial charge is 0.375 e. The largest absolute Gasteiger partial charge is 0.423 e. The summed E-state index contributed by atoms with van der Waals surface area (Å²) in [4.78, 5) is 26.5. The maximum absolute atomic E-state index is 13.6. The molecule has 1 aromatic carbocycles. The molecule has 8 heteroatoms. The molecule has 1 heterocycles. The Labute approximate surface area is 161 Å². The lowest BCUT2D eigenvalue weighted by atomic mass is 9.82. The van der Waals surface area contributed by atoms with Gasteiger partial charge in [-0.1, -0.05) is 43.2 Å². The van der Waals surface area contributed by atoms with Gasteiger partial charge in [0.15, 0.2) is 0 Å². The summed E-state index contributed by atoms with van der Waals surface area (Å²) in [5.74, 6) is -1.09. The lowest BCUT2D eigenvalue weighted by molar-refractivity contribution is -0.264. The van der Waals surface area contributed by atoms with Gasteiger partial charge in [-0.05, 0) is 24.8 Å². The van der Waals surface area contributed by atoms with E-state index in [9.17, 15) is 27.9 Å². The summed E-state index contributed by atoms with van der Waals surface area (Å²) in [5, 5.41) is 12.7. The van der Waals surface area contributed by atoms with Gasteiger partial charge in [0, 0.05) is 19.0 Å². The van der Waals surface area contributed by atoms with Crippen LogP contribution in [0.5, 0.6) is 0 Å². The van der Waals surface area contributed by atoms with Gasteiger partial charge in [0.25, 0.3) is 0 Å². The van der Waals surface area contributed by atoms with Crippen molar-refractivity contribution in [2.24, 2.45) is 5.92 Å². The van der Waals surface area contributed by atoms with Gasteiger partial charge in [0.1, 0.15) is 0 Å². The van der Waals surface area contributed by atoms with Gasteiger partial charge in [-0.2, -0.15) is 13.2 Å². The summed E-state index contributed by atoms with van der Waals surface area (Å²) >= 11 is 0. The van der Waals surface area contributed by atoms with Crippen molar-refractivity contribution >= 4 is 11.8 Å². The second kappa shape index (κ2) is 8.11. The number of hydrogen-bond acceptors (Lipinski definition) is 3. The number of aliphatic hydroxyl groups is 1. The highest BCUT2D eigenvalue weighted by molar-refractivity contribution is 5.82. The van der Waals surface area contributed by atoms with Crippen molar-refractivity contribution < 1.29 is 27.9 Å². The number of benzene rings is 1. The van der Waals surface area contributed by atoms with E-state index in [1.165, 1.54) is 24.3 Å². The van der Waals surface area contributed by atoms with E-state index in [1.807, 2.05) is 0 Å². The van der Waals surface area contributed by atoms with Crippen LogP contribution in [0.15, 0.2) is 30.3 Å². The number of amides is 2. The van der Waals surface area contributed by atoms with Crippen LogP contribution in [0.1, 0.15) is 44.1 Å². The first-order chi connectivity index (χ1) is 13.2. The Morgan fingerprint density at radius 3 is 2.43 bits per heavy atom.